The molecule has 156 valence electrons. The van der Waals surface area contributed by atoms with Crippen LogP contribution in [0.5, 0.6) is 0 Å². The Morgan fingerprint density at radius 3 is 2.61 bits per heavy atom. The number of carboxylic acid groups (broad SMARTS) is 1. The number of benzene rings is 1. The van der Waals surface area contributed by atoms with Crippen LogP contribution in [0.3, 0.4) is 0 Å². The van der Waals surface area contributed by atoms with Gasteiger partial charge >= 0.3 is 12.1 Å². The zero-order valence-electron chi connectivity index (χ0n) is 15.3. The van der Waals surface area contributed by atoms with Crippen molar-refractivity contribution >= 4 is 17.6 Å². The molecule has 0 aliphatic carbocycles. The topological polar surface area (TPSA) is 90.9 Å². The summed E-state index contributed by atoms with van der Waals surface area (Å²) in [6.07, 6.45) is -4.20. The predicted octanol–water partition coefficient (Wildman–Crippen LogP) is 1.80. The average molecular weight is 403 g/mol. The Balaban J connectivity index is 1.79. The highest BCUT2D eigenvalue weighted by Gasteiger charge is 2.30. The first-order valence-electron chi connectivity index (χ1n) is 8.99. The van der Waals surface area contributed by atoms with Gasteiger partial charge in [-0.1, -0.05) is 6.07 Å². The lowest BCUT2D eigenvalue weighted by Gasteiger charge is -2.26. The number of ether oxygens (including phenoxy) is 1. The summed E-state index contributed by atoms with van der Waals surface area (Å²) in [5, 5.41) is 14.4. The fourth-order valence-electron chi connectivity index (χ4n) is 2.82. The van der Waals surface area contributed by atoms with Crippen molar-refractivity contribution in [2.24, 2.45) is 0 Å². The minimum Gasteiger partial charge on any atom is -0.480 e. The van der Waals surface area contributed by atoms with Crippen molar-refractivity contribution in [2.45, 2.75) is 25.1 Å². The first kappa shape index (κ1) is 22.1. The number of hydrogen-bond donors (Lipinski definition) is 3. The van der Waals surface area contributed by atoms with Gasteiger partial charge in [-0.15, -0.1) is 0 Å². The summed E-state index contributed by atoms with van der Waals surface area (Å²) < 4.78 is 43.4. The highest BCUT2D eigenvalue weighted by molar-refractivity contribution is 5.94. The number of anilines is 1. The highest BCUT2D eigenvalue weighted by Crippen LogP contribution is 2.30. The van der Waals surface area contributed by atoms with Gasteiger partial charge in [0.1, 0.15) is 6.04 Å². The Kier molecular flexibility index (Phi) is 8.21. The van der Waals surface area contributed by atoms with Gasteiger partial charge < -0.3 is 20.5 Å². The lowest BCUT2D eigenvalue weighted by atomic mass is 10.1. The van der Waals surface area contributed by atoms with Crippen molar-refractivity contribution in [1.82, 2.24) is 10.2 Å². The zero-order chi connectivity index (χ0) is 20.6. The highest BCUT2D eigenvalue weighted by atomic mass is 19.4. The molecule has 1 fully saturated rings. The predicted molar refractivity (Wildman–Crippen MR) is 96.0 cm³/mol. The van der Waals surface area contributed by atoms with Crippen LogP contribution in [0.25, 0.3) is 0 Å². The Hall–Kier alpha value is -2.17. The Bertz CT molecular complexity index is 664. The first-order chi connectivity index (χ1) is 13.3. The van der Waals surface area contributed by atoms with Gasteiger partial charge in [-0.05, 0) is 37.7 Å². The molecule has 0 radical (unpaired) electrons. The quantitative estimate of drug-likeness (QED) is 0.545. The van der Waals surface area contributed by atoms with E-state index in [1.54, 1.807) is 0 Å². The van der Waals surface area contributed by atoms with E-state index in [0.717, 1.165) is 31.8 Å². The van der Waals surface area contributed by atoms with Crippen molar-refractivity contribution in [1.29, 1.82) is 0 Å². The van der Waals surface area contributed by atoms with E-state index >= 15 is 0 Å². The lowest BCUT2D eigenvalue weighted by molar-refractivity contribution is -0.141. The molecule has 2 rings (SSSR count). The molecule has 0 aromatic heterocycles. The second-order valence-corrected chi connectivity index (χ2v) is 6.48. The largest absolute Gasteiger partial charge is 0.480 e. The van der Waals surface area contributed by atoms with Crippen LogP contribution in [0, 0.1) is 0 Å². The van der Waals surface area contributed by atoms with Crippen LogP contribution in [0.2, 0.25) is 0 Å². The van der Waals surface area contributed by atoms with E-state index in [4.69, 9.17) is 4.74 Å². The summed E-state index contributed by atoms with van der Waals surface area (Å²) >= 11 is 0. The van der Waals surface area contributed by atoms with E-state index in [2.05, 4.69) is 15.5 Å². The van der Waals surface area contributed by atoms with Crippen LogP contribution >= 0.6 is 0 Å². The number of halogens is 3. The molecular weight excluding hydrogens is 379 g/mol. The molecule has 1 amide bonds. The van der Waals surface area contributed by atoms with Gasteiger partial charge in [0.15, 0.2) is 0 Å². The number of carbonyl (C=O) groups is 2. The van der Waals surface area contributed by atoms with Crippen LogP contribution < -0.4 is 10.6 Å². The zero-order valence-corrected chi connectivity index (χ0v) is 15.3. The van der Waals surface area contributed by atoms with Gasteiger partial charge in [-0.25, -0.2) is 0 Å². The molecule has 3 N–H and O–H groups in total. The van der Waals surface area contributed by atoms with Crippen molar-refractivity contribution in [3.63, 3.8) is 0 Å². The maximum absolute atomic E-state index is 12.7. The SMILES string of the molecule is O=C(C[C@@H](NCCCN1CCOCC1)C(=O)O)Nc1cccc(C(F)(F)F)c1. The maximum Gasteiger partial charge on any atom is 0.416 e. The molecular formula is C18H24F3N3O4. The number of carboxylic acids is 1. The molecule has 1 aliphatic rings. The number of morpholine rings is 1. The Morgan fingerprint density at radius 1 is 1.25 bits per heavy atom. The summed E-state index contributed by atoms with van der Waals surface area (Å²) in [5.41, 5.74) is -0.919. The van der Waals surface area contributed by atoms with Gasteiger partial charge in [-0.2, -0.15) is 13.2 Å². The normalized spacial score (nSPS) is 16.5. The van der Waals surface area contributed by atoms with Crippen LogP contribution in [0.4, 0.5) is 18.9 Å². The summed E-state index contributed by atoms with van der Waals surface area (Å²) in [6, 6.07) is 3.08. The average Bonchev–Trinajstić information content (AvgIpc) is 2.64. The number of amides is 1. The molecule has 10 heteroatoms. The molecule has 1 atom stereocenters. The minimum absolute atomic E-state index is 0.0312. The molecule has 0 bridgehead atoms. The number of alkyl halides is 3. The molecule has 0 unspecified atom stereocenters. The number of carbonyl (C=O) groups excluding carboxylic acids is 1. The molecule has 0 spiro atoms. The third-order valence-corrected chi connectivity index (χ3v) is 4.31. The van der Waals surface area contributed by atoms with Crippen molar-refractivity contribution in [2.75, 3.05) is 44.7 Å². The molecule has 7 nitrogen and oxygen atoms in total. The van der Waals surface area contributed by atoms with E-state index in [9.17, 15) is 27.9 Å². The summed E-state index contributed by atoms with van der Waals surface area (Å²) in [6.45, 7) is 4.23. The van der Waals surface area contributed by atoms with Crippen LogP contribution in [-0.4, -0.2) is 67.3 Å². The van der Waals surface area contributed by atoms with Gasteiger partial charge in [0.2, 0.25) is 5.91 Å². The van der Waals surface area contributed by atoms with Gasteiger partial charge in [0.25, 0.3) is 0 Å². The second kappa shape index (κ2) is 10.4. The molecule has 1 aliphatic heterocycles. The number of hydrogen-bond acceptors (Lipinski definition) is 5. The fraction of sp³-hybridized carbons (Fsp3) is 0.556. The molecule has 1 heterocycles. The van der Waals surface area contributed by atoms with Gasteiger partial charge in [0, 0.05) is 18.8 Å². The number of rotatable bonds is 9. The molecule has 0 saturated carbocycles. The molecule has 1 saturated heterocycles. The summed E-state index contributed by atoms with van der Waals surface area (Å²) in [7, 11) is 0. The van der Waals surface area contributed by atoms with Crippen molar-refractivity contribution in [3.05, 3.63) is 29.8 Å². The maximum atomic E-state index is 12.7. The molecule has 1 aromatic carbocycles. The minimum atomic E-state index is -4.52. The van der Waals surface area contributed by atoms with E-state index in [1.807, 2.05) is 0 Å². The van der Waals surface area contributed by atoms with E-state index < -0.39 is 29.7 Å². The van der Waals surface area contributed by atoms with Gasteiger partial charge in [0.05, 0.1) is 25.2 Å². The number of nitrogens with one attached hydrogen (secondary N) is 2. The molecule has 28 heavy (non-hydrogen) atoms. The lowest BCUT2D eigenvalue weighted by Crippen LogP contribution is -2.42. The first-order valence-corrected chi connectivity index (χ1v) is 8.99. The molecule has 1 aromatic rings. The van der Waals surface area contributed by atoms with Gasteiger partial charge in [-0.3, -0.25) is 14.5 Å². The third-order valence-electron chi connectivity index (χ3n) is 4.31. The van der Waals surface area contributed by atoms with Crippen molar-refractivity contribution < 1.29 is 32.6 Å². The fourth-order valence-corrected chi connectivity index (χ4v) is 2.82. The third kappa shape index (κ3) is 7.45. The number of nitrogens with zero attached hydrogens (tertiary/aromatic N) is 1. The van der Waals surface area contributed by atoms with E-state index in [0.29, 0.717) is 26.2 Å². The van der Waals surface area contributed by atoms with Crippen LogP contribution in [-0.2, 0) is 20.5 Å². The van der Waals surface area contributed by atoms with Crippen LogP contribution in [0.1, 0.15) is 18.4 Å². The summed E-state index contributed by atoms with van der Waals surface area (Å²) in [5.74, 6) is -1.86. The monoisotopic (exact) mass is 403 g/mol. The Morgan fingerprint density at radius 2 is 1.96 bits per heavy atom. The number of aliphatic carboxylic acids is 1. The summed E-state index contributed by atoms with van der Waals surface area (Å²) in [4.78, 5) is 25.6. The van der Waals surface area contributed by atoms with E-state index in [1.165, 1.54) is 12.1 Å². The Labute approximate surface area is 160 Å². The van der Waals surface area contributed by atoms with Crippen LogP contribution in [0.15, 0.2) is 24.3 Å². The smallest absolute Gasteiger partial charge is 0.416 e. The standard InChI is InChI=1S/C18H24F3N3O4/c19-18(20,21)13-3-1-4-14(11-13)23-16(25)12-15(17(26)27)22-5-2-6-24-7-9-28-10-8-24/h1,3-4,11,15,22H,2,5-10,12H2,(H,23,25)(H,26,27)/t15-/m1/s1. The van der Waals surface area contributed by atoms with E-state index in [-0.39, 0.29) is 12.1 Å². The second-order valence-electron chi connectivity index (χ2n) is 6.48. The van der Waals surface area contributed by atoms with Crippen molar-refractivity contribution in [3.8, 4) is 0 Å².